The Morgan fingerprint density at radius 3 is 0.914 bits per heavy atom. The van der Waals surface area contributed by atoms with Crippen LogP contribution in [0, 0.1) is 0 Å². The number of aliphatic hydroxyl groups is 1. The summed E-state index contributed by atoms with van der Waals surface area (Å²) in [5.41, 5.74) is 0. The first-order valence-electron chi connectivity index (χ1n) is 25.5. The number of aliphatic hydroxyl groups excluding tert-OH is 1. The van der Waals surface area contributed by atoms with Crippen LogP contribution in [-0.2, 0) is 19.1 Å². The van der Waals surface area contributed by atoms with Gasteiger partial charge in [-0.05, 0) is 64.7 Å². The second kappa shape index (κ2) is 48.8. The third-order valence-electron chi connectivity index (χ3n) is 11.8. The zero-order chi connectivity index (χ0) is 42.3. The van der Waals surface area contributed by atoms with Crippen LogP contribution >= 0.6 is 11.6 Å². The number of carbonyl (C=O) groups excluding carboxylic acids is 2. The summed E-state index contributed by atoms with van der Waals surface area (Å²) >= 11 is 6.09. The van der Waals surface area contributed by atoms with Gasteiger partial charge in [-0.15, -0.1) is 11.6 Å². The fourth-order valence-corrected chi connectivity index (χ4v) is 8.25. The van der Waals surface area contributed by atoms with Crippen LogP contribution in [0.3, 0.4) is 0 Å². The molecule has 0 aliphatic rings. The predicted octanol–water partition coefficient (Wildman–Crippen LogP) is 14.0. The lowest BCUT2D eigenvalue weighted by atomic mass is 10.1. The van der Waals surface area contributed by atoms with Gasteiger partial charge in [0.25, 0.3) is 0 Å². The second-order valence-corrected chi connectivity index (χ2v) is 17.7. The lowest BCUT2D eigenvalue weighted by Gasteiger charge is -2.21. The first-order valence-corrected chi connectivity index (χ1v) is 26.0. The maximum Gasteiger partial charge on any atom is 0.305 e. The van der Waals surface area contributed by atoms with E-state index in [-0.39, 0.29) is 31.8 Å². The fraction of sp³-hybridized carbons (Fsp3) is 0.960. The maximum absolute atomic E-state index is 12.1. The van der Waals surface area contributed by atoms with E-state index < -0.39 is 0 Å². The van der Waals surface area contributed by atoms with E-state index in [4.69, 9.17) is 21.1 Å². The highest BCUT2D eigenvalue weighted by molar-refractivity contribution is 6.18. The molecule has 0 fully saturated rings. The van der Waals surface area contributed by atoms with Gasteiger partial charge in [0.1, 0.15) is 13.2 Å². The van der Waals surface area contributed by atoms with Crippen molar-refractivity contribution >= 4 is 23.5 Å². The average molecular weight is 844 g/mol. The van der Waals surface area contributed by atoms with E-state index in [1.54, 1.807) is 0 Å². The van der Waals surface area contributed by atoms with Crippen LogP contribution in [0.25, 0.3) is 0 Å². The van der Waals surface area contributed by atoms with Crippen LogP contribution in [0.1, 0.15) is 245 Å². The molecule has 0 aromatic heterocycles. The number of esters is 2. The monoisotopic (exact) mass is 843 g/mol. The third kappa shape index (κ3) is 44.7. The maximum atomic E-state index is 12.1. The number of alkyl halides is 1. The summed E-state index contributed by atoms with van der Waals surface area (Å²) in [6.07, 6.45) is 44.3. The van der Waals surface area contributed by atoms with E-state index in [0.29, 0.717) is 12.8 Å². The molecular formula is C50H99ClN2O5. The SMILES string of the molecule is CCCCCCCCCCCCN(CCO)CCCCCCCCCC(=O)OCCOC(=O)CCCCCCCCCN(CCCl)CCCCCCCCCCCC. The summed E-state index contributed by atoms with van der Waals surface area (Å²) in [6, 6.07) is 0. The van der Waals surface area contributed by atoms with E-state index in [1.165, 1.54) is 199 Å². The molecule has 7 nitrogen and oxygen atoms in total. The van der Waals surface area contributed by atoms with Crippen LogP contribution in [0.5, 0.6) is 0 Å². The molecule has 1 N–H and O–H groups in total. The first-order chi connectivity index (χ1) is 28.6. The molecule has 0 heterocycles. The number of nitrogens with zero attached hydrogens (tertiary/aromatic N) is 2. The predicted molar refractivity (Wildman–Crippen MR) is 250 cm³/mol. The quantitative estimate of drug-likeness (QED) is 0.0371. The van der Waals surface area contributed by atoms with E-state index in [1.807, 2.05) is 0 Å². The molecule has 346 valence electrons. The second-order valence-electron chi connectivity index (χ2n) is 17.4. The van der Waals surface area contributed by atoms with E-state index in [9.17, 15) is 14.7 Å². The molecule has 0 aromatic carbocycles. The number of hydrogen-bond acceptors (Lipinski definition) is 7. The van der Waals surface area contributed by atoms with Crippen molar-refractivity contribution in [1.82, 2.24) is 9.80 Å². The normalized spacial score (nSPS) is 11.6. The summed E-state index contributed by atoms with van der Waals surface area (Å²) in [5.74, 6) is 0.343. The Bertz CT molecular complexity index is 768. The Balaban J connectivity index is 3.57. The molecule has 0 spiro atoms. The minimum absolute atomic E-state index is 0.151. The molecule has 0 amide bonds. The van der Waals surface area contributed by atoms with Gasteiger partial charge < -0.3 is 24.4 Å². The third-order valence-corrected chi connectivity index (χ3v) is 12.0. The molecule has 0 radical (unpaired) electrons. The Morgan fingerprint density at radius 1 is 0.379 bits per heavy atom. The molecular weight excluding hydrogens is 744 g/mol. The van der Waals surface area contributed by atoms with Crippen molar-refractivity contribution in [3.63, 3.8) is 0 Å². The average Bonchev–Trinajstić information content (AvgIpc) is 3.22. The number of halogens is 1. The molecule has 8 heteroatoms. The number of rotatable bonds is 49. The Hall–Kier alpha value is -0.890. The van der Waals surface area contributed by atoms with Gasteiger partial charge in [0.05, 0.1) is 6.61 Å². The molecule has 0 atom stereocenters. The lowest BCUT2D eigenvalue weighted by molar-refractivity contribution is -0.152. The molecule has 0 aliphatic carbocycles. The standard InChI is InChI=1S/C50H99ClN2O5/c1-3-5-7-9-11-13-15-21-27-33-40-52(44-39-51)41-34-28-23-17-19-25-31-37-49(55)57-47-48-58-50(56)38-32-26-20-18-24-30-36-43-53(45-46-54)42-35-29-22-16-14-12-10-8-6-4-2/h54H,3-48H2,1-2H3. The van der Waals surface area contributed by atoms with E-state index in [2.05, 4.69) is 23.6 Å². The van der Waals surface area contributed by atoms with Gasteiger partial charge in [-0.3, -0.25) is 9.59 Å². The van der Waals surface area contributed by atoms with Crippen LogP contribution in [0.15, 0.2) is 0 Å². The van der Waals surface area contributed by atoms with Crippen molar-refractivity contribution in [2.75, 3.05) is 65.0 Å². The summed E-state index contributed by atoms with van der Waals surface area (Å²) in [4.78, 5) is 29.2. The highest BCUT2D eigenvalue weighted by Gasteiger charge is 2.08. The van der Waals surface area contributed by atoms with Crippen LogP contribution in [0.4, 0.5) is 0 Å². The minimum Gasteiger partial charge on any atom is -0.462 e. The van der Waals surface area contributed by atoms with Crippen LogP contribution in [-0.4, -0.2) is 91.8 Å². The summed E-state index contributed by atoms with van der Waals surface area (Å²) in [7, 11) is 0. The fourth-order valence-electron chi connectivity index (χ4n) is 8.01. The molecule has 0 aliphatic heterocycles. The molecule has 0 saturated carbocycles. The molecule has 0 saturated heterocycles. The zero-order valence-corrected chi connectivity index (χ0v) is 39.6. The number of unbranched alkanes of at least 4 members (excludes halogenated alkanes) is 30. The molecule has 0 rings (SSSR count). The van der Waals surface area contributed by atoms with Gasteiger partial charge in [0, 0.05) is 31.8 Å². The summed E-state index contributed by atoms with van der Waals surface area (Å²) in [5, 5.41) is 9.47. The van der Waals surface area contributed by atoms with Gasteiger partial charge >= 0.3 is 11.9 Å². The highest BCUT2D eigenvalue weighted by Crippen LogP contribution is 2.15. The molecule has 0 unspecified atom stereocenters. The van der Waals surface area contributed by atoms with Crippen molar-refractivity contribution in [3.05, 3.63) is 0 Å². The van der Waals surface area contributed by atoms with Crippen molar-refractivity contribution in [2.45, 2.75) is 245 Å². The van der Waals surface area contributed by atoms with Crippen molar-refractivity contribution in [2.24, 2.45) is 0 Å². The van der Waals surface area contributed by atoms with Gasteiger partial charge in [-0.25, -0.2) is 0 Å². The van der Waals surface area contributed by atoms with Gasteiger partial charge in [0.15, 0.2) is 0 Å². The zero-order valence-electron chi connectivity index (χ0n) is 38.9. The van der Waals surface area contributed by atoms with Crippen LogP contribution < -0.4 is 0 Å². The van der Waals surface area contributed by atoms with Gasteiger partial charge in [-0.2, -0.15) is 0 Å². The number of carbonyl (C=O) groups is 2. The summed E-state index contributed by atoms with van der Waals surface area (Å²) in [6.45, 7) is 11.5. The van der Waals surface area contributed by atoms with Gasteiger partial charge in [0.2, 0.25) is 0 Å². The highest BCUT2D eigenvalue weighted by atomic mass is 35.5. The van der Waals surface area contributed by atoms with Crippen molar-refractivity contribution in [3.8, 4) is 0 Å². The van der Waals surface area contributed by atoms with E-state index in [0.717, 1.165) is 64.2 Å². The van der Waals surface area contributed by atoms with Crippen molar-refractivity contribution in [1.29, 1.82) is 0 Å². The largest absolute Gasteiger partial charge is 0.462 e. The number of ether oxygens (including phenoxy) is 2. The van der Waals surface area contributed by atoms with Crippen molar-refractivity contribution < 1.29 is 24.2 Å². The first kappa shape index (κ1) is 57.1. The minimum atomic E-state index is -0.191. The molecule has 0 aromatic rings. The van der Waals surface area contributed by atoms with E-state index >= 15 is 0 Å². The Labute approximate surface area is 366 Å². The molecule has 58 heavy (non-hydrogen) atoms. The smallest absolute Gasteiger partial charge is 0.305 e. The summed E-state index contributed by atoms with van der Waals surface area (Å²) < 4.78 is 10.6. The van der Waals surface area contributed by atoms with Crippen LogP contribution in [0.2, 0.25) is 0 Å². The Kier molecular flexibility index (Phi) is 48.0. The lowest BCUT2D eigenvalue weighted by Crippen LogP contribution is -2.29. The number of hydrogen-bond donors (Lipinski definition) is 1. The topological polar surface area (TPSA) is 79.3 Å². The molecule has 0 bridgehead atoms. The Morgan fingerprint density at radius 2 is 0.638 bits per heavy atom. The van der Waals surface area contributed by atoms with Gasteiger partial charge in [-0.1, -0.05) is 194 Å².